The van der Waals surface area contributed by atoms with Crippen LogP contribution >= 0.6 is 0 Å². The predicted octanol–water partition coefficient (Wildman–Crippen LogP) is 6.39. The summed E-state index contributed by atoms with van der Waals surface area (Å²) in [4.78, 5) is 14.7. The summed E-state index contributed by atoms with van der Waals surface area (Å²) in [5, 5.41) is 4.67. The zero-order valence-corrected chi connectivity index (χ0v) is 21.6. The minimum absolute atomic E-state index is 0.423. The zero-order chi connectivity index (χ0) is 25.4. The fraction of sp³-hybridized carbons (Fsp3) is 0.323. The quantitative estimate of drug-likeness (QED) is 0.288. The molecule has 6 nitrogen and oxygen atoms in total. The molecule has 37 heavy (non-hydrogen) atoms. The number of nitrogens with zero attached hydrogens (tertiary/aromatic N) is 4. The number of aryl methyl sites for hydroxylation is 1. The topological polar surface area (TPSA) is 81.1 Å². The first-order chi connectivity index (χ1) is 18.1. The van der Waals surface area contributed by atoms with Gasteiger partial charge in [0, 0.05) is 34.8 Å². The van der Waals surface area contributed by atoms with Crippen LogP contribution in [0.25, 0.3) is 38.9 Å². The first-order valence-electron chi connectivity index (χ1n) is 13.4. The van der Waals surface area contributed by atoms with E-state index < -0.39 is 0 Å². The molecular formula is C31H34N6. The van der Waals surface area contributed by atoms with E-state index in [1.807, 2.05) is 12.3 Å². The van der Waals surface area contributed by atoms with Gasteiger partial charge in [-0.3, -0.25) is 4.40 Å². The second-order valence-corrected chi connectivity index (χ2v) is 10.3. The van der Waals surface area contributed by atoms with E-state index in [-0.39, 0.29) is 0 Å². The lowest BCUT2D eigenvalue weighted by atomic mass is 9.81. The Labute approximate surface area is 218 Å². The number of anilines is 1. The second-order valence-electron chi connectivity index (χ2n) is 10.3. The maximum atomic E-state index is 6.46. The number of benzene rings is 2. The molecule has 1 aliphatic rings. The molecule has 6 rings (SSSR count). The Bertz CT molecular complexity index is 1550. The Morgan fingerprint density at radius 3 is 2.57 bits per heavy atom. The van der Waals surface area contributed by atoms with Crippen LogP contribution in [0, 0.1) is 12.8 Å². The third-order valence-electron chi connectivity index (χ3n) is 7.86. The Balaban J connectivity index is 1.41. The van der Waals surface area contributed by atoms with Gasteiger partial charge in [0.1, 0.15) is 22.9 Å². The molecule has 0 aliphatic heterocycles. The first kappa shape index (κ1) is 23.6. The highest BCUT2D eigenvalue weighted by Crippen LogP contribution is 2.39. The van der Waals surface area contributed by atoms with Crippen LogP contribution in [0.3, 0.4) is 0 Å². The lowest BCUT2D eigenvalue weighted by molar-refractivity contribution is 0.309. The van der Waals surface area contributed by atoms with Gasteiger partial charge >= 0.3 is 0 Å². The molecule has 1 aliphatic carbocycles. The maximum absolute atomic E-state index is 6.46. The molecule has 188 valence electrons. The van der Waals surface area contributed by atoms with Gasteiger partial charge in [0.2, 0.25) is 0 Å². The lowest BCUT2D eigenvalue weighted by Gasteiger charge is -2.28. The number of imidazole rings is 1. The molecule has 5 aromatic rings. The van der Waals surface area contributed by atoms with E-state index in [0.29, 0.717) is 11.7 Å². The normalized spacial score (nSPS) is 18.0. The Morgan fingerprint density at radius 1 is 0.973 bits per heavy atom. The van der Waals surface area contributed by atoms with Gasteiger partial charge in [0.15, 0.2) is 0 Å². The summed E-state index contributed by atoms with van der Waals surface area (Å²) in [6.45, 7) is 6.47. The van der Waals surface area contributed by atoms with Crippen LogP contribution in [0.15, 0.2) is 67.0 Å². The van der Waals surface area contributed by atoms with E-state index in [9.17, 15) is 0 Å². The van der Waals surface area contributed by atoms with Crippen molar-refractivity contribution in [3.63, 3.8) is 0 Å². The van der Waals surface area contributed by atoms with Crippen LogP contribution in [0.1, 0.15) is 49.9 Å². The van der Waals surface area contributed by atoms with Crippen molar-refractivity contribution < 1.29 is 0 Å². The minimum atomic E-state index is 0.423. The lowest BCUT2D eigenvalue weighted by Crippen LogP contribution is -2.26. The van der Waals surface area contributed by atoms with Crippen molar-refractivity contribution in [2.45, 2.75) is 45.4 Å². The molecule has 0 spiro atoms. The van der Waals surface area contributed by atoms with Crippen molar-refractivity contribution >= 4 is 22.2 Å². The number of nitrogen functional groups attached to an aromatic ring is 1. The molecule has 0 atom stereocenters. The highest BCUT2D eigenvalue weighted by atomic mass is 15.1. The van der Waals surface area contributed by atoms with Gasteiger partial charge in [0.25, 0.3) is 0 Å². The van der Waals surface area contributed by atoms with Gasteiger partial charge in [0.05, 0.1) is 11.2 Å². The molecule has 0 radical (unpaired) electrons. The molecule has 1 saturated carbocycles. The SMILES string of the molecule is CCNCC1CCC(c2nc(-c3ccc4c(C)cc(-c5ccccc5)nc4c3)c3c(N)nccn23)CC1. The number of hydrogen-bond acceptors (Lipinski definition) is 5. The monoisotopic (exact) mass is 490 g/mol. The molecule has 0 amide bonds. The third-order valence-corrected chi connectivity index (χ3v) is 7.86. The summed E-state index contributed by atoms with van der Waals surface area (Å²) >= 11 is 0. The number of hydrogen-bond donors (Lipinski definition) is 2. The van der Waals surface area contributed by atoms with Crippen LogP contribution < -0.4 is 11.1 Å². The number of nitrogens with two attached hydrogens (primary N) is 1. The Morgan fingerprint density at radius 2 is 1.78 bits per heavy atom. The standard InChI is InChI=1S/C31H34N6/c1-3-33-19-21-9-11-23(12-10-21)31-36-28(29-30(32)34-15-16-37(29)31)24-13-14-25-20(2)17-26(35-27(25)18-24)22-7-5-4-6-8-22/h4-8,13-18,21,23,33H,3,9-12,19H2,1-2H3,(H2,32,34). The van der Waals surface area contributed by atoms with Gasteiger partial charge < -0.3 is 11.1 Å². The first-order valence-corrected chi connectivity index (χ1v) is 13.4. The molecule has 6 heteroatoms. The molecule has 3 heterocycles. The van der Waals surface area contributed by atoms with Crippen LogP contribution in [-0.2, 0) is 0 Å². The number of nitrogens with one attached hydrogen (secondary N) is 1. The minimum Gasteiger partial charge on any atom is -0.382 e. The number of aromatic nitrogens is 4. The van der Waals surface area contributed by atoms with Gasteiger partial charge in [-0.25, -0.2) is 15.0 Å². The third kappa shape index (κ3) is 4.46. The highest BCUT2D eigenvalue weighted by Gasteiger charge is 2.27. The highest BCUT2D eigenvalue weighted by molar-refractivity contribution is 5.92. The molecule has 0 unspecified atom stereocenters. The molecule has 1 fully saturated rings. The summed E-state index contributed by atoms with van der Waals surface area (Å²) in [5.41, 5.74) is 13.5. The fourth-order valence-corrected chi connectivity index (χ4v) is 5.86. The fourth-order valence-electron chi connectivity index (χ4n) is 5.86. The van der Waals surface area contributed by atoms with Crippen molar-refractivity contribution in [2.24, 2.45) is 5.92 Å². The molecular weight excluding hydrogens is 456 g/mol. The van der Waals surface area contributed by atoms with E-state index in [0.717, 1.165) is 76.6 Å². The van der Waals surface area contributed by atoms with Crippen LogP contribution in [0.4, 0.5) is 5.82 Å². The largest absolute Gasteiger partial charge is 0.382 e. The number of pyridine rings is 1. The maximum Gasteiger partial charge on any atom is 0.150 e. The molecule has 2 aromatic carbocycles. The summed E-state index contributed by atoms with van der Waals surface area (Å²) in [5.74, 6) is 2.79. The second kappa shape index (κ2) is 9.94. The molecule has 3 N–H and O–H groups in total. The molecule has 0 saturated heterocycles. The number of rotatable bonds is 6. The van der Waals surface area contributed by atoms with Crippen molar-refractivity contribution in [3.8, 4) is 22.5 Å². The van der Waals surface area contributed by atoms with E-state index in [1.54, 1.807) is 6.20 Å². The van der Waals surface area contributed by atoms with E-state index >= 15 is 0 Å². The van der Waals surface area contributed by atoms with Gasteiger partial charge in [-0.05, 0) is 69.3 Å². The zero-order valence-electron chi connectivity index (χ0n) is 21.6. The van der Waals surface area contributed by atoms with Gasteiger partial charge in [-0.1, -0.05) is 49.4 Å². The predicted molar refractivity (Wildman–Crippen MR) is 152 cm³/mol. The van der Waals surface area contributed by atoms with Crippen LogP contribution in [-0.4, -0.2) is 32.4 Å². The van der Waals surface area contributed by atoms with Crippen molar-refractivity contribution in [1.29, 1.82) is 0 Å². The van der Waals surface area contributed by atoms with E-state index in [1.165, 1.54) is 18.4 Å². The summed E-state index contributed by atoms with van der Waals surface area (Å²) in [6, 6.07) is 19.0. The van der Waals surface area contributed by atoms with Crippen molar-refractivity contribution in [2.75, 3.05) is 18.8 Å². The van der Waals surface area contributed by atoms with Crippen molar-refractivity contribution in [1.82, 2.24) is 24.7 Å². The summed E-state index contributed by atoms with van der Waals surface area (Å²) < 4.78 is 2.18. The molecule has 0 bridgehead atoms. The van der Waals surface area contributed by atoms with Crippen molar-refractivity contribution in [3.05, 3.63) is 78.4 Å². The van der Waals surface area contributed by atoms with Gasteiger partial charge in [-0.2, -0.15) is 0 Å². The molecule has 3 aromatic heterocycles. The smallest absolute Gasteiger partial charge is 0.150 e. The van der Waals surface area contributed by atoms with Crippen LogP contribution in [0.2, 0.25) is 0 Å². The Kier molecular flexibility index (Phi) is 6.35. The average Bonchev–Trinajstić information content (AvgIpc) is 3.33. The van der Waals surface area contributed by atoms with E-state index in [2.05, 4.69) is 77.1 Å². The van der Waals surface area contributed by atoms with E-state index in [4.69, 9.17) is 15.7 Å². The Hall–Kier alpha value is -3.77. The average molecular weight is 491 g/mol. The van der Waals surface area contributed by atoms with Gasteiger partial charge in [-0.15, -0.1) is 0 Å². The summed E-state index contributed by atoms with van der Waals surface area (Å²) in [7, 11) is 0. The van der Waals surface area contributed by atoms with Crippen LogP contribution in [0.5, 0.6) is 0 Å². The number of fused-ring (bicyclic) bond motifs is 2. The summed E-state index contributed by atoms with van der Waals surface area (Å²) in [6.07, 6.45) is 8.55.